The van der Waals surface area contributed by atoms with E-state index in [1.165, 1.54) is 30.1 Å². The SMILES string of the molecule is CN(C(=O)c1cc([N+](=O)[O-])ccc1N=CC1CCCN1)c1ccccc1C#N. The number of nitriles is 1. The van der Waals surface area contributed by atoms with Gasteiger partial charge in [0.15, 0.2) is 0 Å². The minimum absolute atomic E-state index is 0.110. The molecule has 1 aliphatic heterocycles. The highest BCUT2D eigenvalue weighted by atomic mass is 16.6. The van der Waals surface area contributed by atoms with Crippen LogP contribution in [-0.2, 0) is 0 Å². The summed E-state index contributed by atoms with van der Waals surface area (Å²) in [6.45, 7) is 0.913. The number of carbonyl (C=O) groups is 1. The predicted octanol–water partition coefficient (Wildman–Crippen LogP) is 3.20. The number of nitrogens with zero attached hydrogens (tertiary/aromatic N) is 4. The minimum Gasteiger partial charge on any atom is -0.310 e. The Morgan fingerprint density at radius 1 is 1.39 bits per heavy atom. The van der Waals surface area contributed by atoms with Crippen LogP contribution in [-0.4, -0.2) is 36.7 Å². The Morgan fingerprint density at radius 2 is 2.18 bits per heavy atom. The quantitative estimate of drug-likeness (QED) is 0.488. The summed E-state index contributed by atoms with van der Waals surface area (Å²) >= 11 is 0. The summed E-state index contributed by atoms with van der Waals surface area (Å²) in [5.41, 5.74) is 1.03. The van der Waals surface area contributed by atoms with Gasteiger partial charge in [0.2, 0.25) is 0 Å². The Morgan fingerprint density at radius 3 is 2.86 bits per heavy atom. The Hall–Kier alpha value is -3.57. The first-order chi connectivity index (χ1) is 13.5. The van der Waals surface area contributed by atoms with Crippen LogP contribution in [0.25, 0.3) is 0 Å². The molecule has 0 radical (unpaired) electrons. The Bertz CT molecular complexity index is 974. The minimum atomic E-state index is -0.550. The van der Waals surface area contributed by atoms with E-state index < -0.39 is 10.8 Å². The van der Waals surface area contributed by atoms with Crippen LogP contribution >= 0.6 is 0 Å². The third-order valence-electron chi connectivity index (χ3n) is 4.60. The third-order valence-corrected chi connectivity index (χ3v) is 4.60. The number of para-hydroxylation sites is 1. The maximum absolute atomic E-state index is 13.1. The van der Waals surface area contributed by atoms with Gasteiger partial charge in [0.25, 0.3) is 11.6 Å². The van der Waals surface area contributed by atoms with E-state index >= 15 is 0 Å². The van der Waals surface area contributed by atoms with Gasteiger partial charge in [-0.15, -0.1) is 0 Å². The third kappa shape index (κ3) is 4.05. The Balaban J connectivity index is 1.99. The van der Waals surface area contributed by atoms with Crippen molar-refractivity contribution in [3.05, 3.63) is 63.7 Å². The lowest BCUT2D eigenvalue weighted by Gasteiger charge is -2.19. The van der Waals surface area contributed by atoms with Crippen LogP contribution in [0.1, 0.15) is 28.8 Å². The van der Waals surface area contributed by atoms with Gasteiger partial charge in [-0.25, -0.2) is 0 Å². The zero-order valence-electron chi connectivity index (χ0n) is 15.3. The summed E-state index contributed by atoms with van der Waals surface area (Å²) in [6, 6.07) is 12.9. The molecule has 0 aromatic heterocycles. The molecule has 1 N–H and O–H groups in total. The van der Waals surface area contributed by atoms with Crippen molar-refractivity contribution in [1.29, 1.82) is 5.26 Å². The molecular formula is C20H19N5O3. The first kappa shape index (κ1) is 19.2. The molecule has 0 spiro atoms. The molecule has 1 aliphatic rings. The lowest BCUT2D eigenvalue weighted by Crippen LogP contribution is -2.27. The van der Waals surface area contributed by atoms with Gasteiger partial charge in [-0.05, 0) is 37.6 Å². The fourth-order valence-corrected chi connectivity index (χ4v) is 3.08. The molecule has 0 saturated carbocycles. The van der Waals surface area contributed by atoms with Crippen LogP contribution in [0.15, 0.2) is 47.5 Å². The van der Waals surface area contributed by atoms with Crippen LogP contribution in [0.2, 0.25) is 0 Å². The van der Waals surface area contributed by atoms with Gasteiger partial charge in [-0.2, -0.15) is 5.26 Å². The highest BCUT2D eigenvalue weighted by molar-refractivity contribution is 6.10. The smallest absolute Gasteiger partial charge is 0.270 e. The first-order valence-electron chi connectivity index (χ1n) is 8.84. The van der Waals surface area contributed by atoms with Crippen LogP contribution in [0.4, 0.5) is 17.1 Å². The normalized spacial score (nSPS) is 16.1. The lowest BCUT2D eigenvalue weighted by molar-refractivity contribution is -0.384. The highest BCUT2D eigenvalue weighted by Crippen LogP contribution is 2.28. The van der Waals surface area contributed by atoms with Crippen LogP contribution in [0.5, 0.6) is 0 Å². The van der Waals surface area contributed by atoms with E-state index in [4.69, 9.17) is 0 Å². The van der Waals surface area contributed by atoms with Crippen molar-refractivity contribution in [3.63, 3.8) is 0 Å². The lowest BCUT2D eigenvalue weighted by atomic mass is 10.1. The van der Waals surface area contributed by atoms with Crippen molar-refractivity contribution in [1.82, 2.24) is 5.32 Å². The van der Waals surface area contributed by atoms with Gasteiger partial charge in [0.05, 0.1) is 27.4 Å². The van der Waals surface area contributed by atoms with Crippen molar-refractivity contribution in [3.8, 4) is 6.07 Å². The van der Waals surface area contributed by atoms with E-state index in [0.717, 1.165) is 19.4 Å². The summed E-state index contributed by atoms with van der Waals surface area (Å²) in [5.74, 6) is -0.474. The zero-order chi connectivity index (χ0) is 20.1. The standard InChI is InChI=1S/C20H19N5O3/c1-24(19-7-3-2-5-14(19)12-21)20(26)17-11-16(25(27)28)8-9-18(17)23-13-15-6-4-10-22-15/h2-3,5,7-9,11,13,15,22H,4,6,10H2,1H3. The monoisotopic (exact) mass is 377 g/mol. The van der Waals surface area contributed by atoms with E-state index in [-0.39, 0.29) is 17.3 Å². The molecule has 2 aromatic carbocycles. The van der Waals surface area contributed by atoms with E-state index in [9.17, 15) is 20.2 Å². The predicted molar refractivity (Wildman–Crippen MR) is 106 cm³/mol. The second-order valence-electron chi connectivity index (χ2n) is 6.43. The molecule has 142 valence electrons. The summed E-state index contributed by atoms with van der Waals surface area (Å²) < 4.78 is 0. The second-order valence-corrected chi connectivity index (χ2v) is 6.43. The van der Waals surface area contributed by atoms with Crippen LogP contribution < -0.4 is 10.2 Å². The molecule has 3 rings (SSSR count). The molecular weight excluding hydrogens is 358 g/mol. The van der Waals surface area contributed by atoms with E-state index in [1.807, 2.05) is 6.07 Å². The number of rotatable bonds is 5. The molecule has 2 aromatic rings. The molecule has 0 aliphatic carbocycles. The largest absolute Gasteiger partial charge is 0.310 e. The number of hydrogen-bond acceptors (Lipinski definition) is 6. The molecule has 1 fully saturated rings. The van der Waals surface area contributed by atoms with Crippen molar-refractivity contribution < 1.29 is 9.72 Å². The van der Waals surface area contributed by atoms with Gasteiger partial charge in [-0.1, -0.05) is 12.1 Å². The molecule has 8 nitrogen and oxygen atoms in total. The molecule has 1 heterocycles. The van der Waals surface area contributed by atoms with Crippen LogP contribution in [0, 0.1) is 21.4 Å². The van der Waals surface area contributed by atoms with Gasteiger partial charge >= 0.3 is 0 Å². The number of hydrogen-bond donors (Lipinski definition) is 1. The Kier molecular flexibility index (Phi) is 5.77. The summed E-state index contributed by atoms with van der Waals surface area (Å²) in [7, 11) is 1.53. The number of carbonyl (C=O) groups excluding carboxylic acids is 1. The van der Waals surface area contributed by atoms with Gasteiger partial charge < -0.3 is 10.2 Å². The van der Waals surface area contributed by atoms with Gasteiger partial charge in [0, 0.05) is 31.4 Å². The molecule has 1 unspecified atom stereocenters. The van der Waals surface area contributed by atoms with E-state index in [2.05, 4.69) is 10.3 Å². The zero-order valence-corrected chi connectivity index (χ0v) is 15.3. The molecule has 0 bridgehead atoms. The Labute approximate surface area is 162 Å². The molecule has 1 atom stereocenters. The first-order valence-corrected chi connectivity index (χ1v) is 8.84. The highest BCUT2D eigenvalue weighted by Gasteiger charge is 2.22. The summed E-state index contributed by atoms with van der Waals surface area (Å²) in [6.07, 6.45) is 3.74. The van der Waals surface area contributed by atoms with Crippen molar-refractivity contribution >= 4 is 29.2 Å². The average Bonchev–Trinajstić information content (AvgIpc) is 3.24. The fourth-order valence-electron chi connectivity index (χ4n) is 3.08. The van der Waals surface area contributed by atoms with Crippen molar-refractivity contribution in [2.75, 3.05) is 18.5 Å². The summed E-state index contributed by atoms with van der Waals surface area (Å²) in [4.78, 5) is 29.5. The maximum atomic E-state index is 13.1. The van der Waals surface area contributed by atoms with Crippen LogP contribution in [0.3, 0.4) is 0 Å². The molecule has 28 heavy (non-hydrogen) atoms. The van der Waals surface area contributed by atoms with Gasteiger partial charge in [0.1, 0.15) is 6.07 Å². The molecule has 1 amide bonds. The van der Waals surface area contributed by atoms with Crippen molar-refractivity contribution in [2.24, 2.45) is 4.99 Å². The maximum Gasteiger partial charge on any atom is 0.270 e. The van der Waals surface area contributed by atoms with E-state index in [1.54, 1.807) is 30.5 Å². The number of benzene rings is 2. The second kappa shape index (κ2) is 8.41. The number of nitro groups is 1. The van der Waals surface area contributed by atoms with Gasteiger partial charge in [-0.3, -0.25) is 19.9 Å². The van der Waals surface area contributed by atoms with Crippen molar-refractivity contribution in [2.45, 2.75) is 18.9 Å². The molecule has 1 saturated heterocycles. The fraction of sp³-hybridized carbons (Fsp3) is 0.250. The summed E-state index contributed by atoms with van der Waals surface area (Å²) in [5, 5.41) is 23.8. The number of nitrogens with one attached hydrogen (secondary N) is 1. The number of amides is 1. The topological polar surface area (TPSA) is 112 Å². The number of non-ortho nitro benzene ring substituents is 1. The molecule has 8 heteroatoms. The number of nitro benzene ring substituents is 1. The average molecular weight is 377 g/mol. The number of aliphatic imine (C=N–C) groups is 1. The van der Waals surface area contributed by atoms with E-state index in [0.29, 0.717) is 16.9 Å². The number of anilines is 1.